The highest BCUT2D eigenvalue weighted by atomic mass is 35.5. The molecule has 2 aromatic carbocycles. The van der Waals surface area contributed by atoms with Gasteiger partial charge in [-0.15, -0.1) is 0 Å². The number of anilines is 1. The minimum absolute atomic E-state index is 0.0597. The number of carbonyl (C=O) groups excluding carboxylic acids is 2. The molecule has 0 radical (unpaired) electrons. The Morgan fingerprint density at radius 1 is 1.08 bits per heavy atom. The third-order valence-corrected chi connectivity index (χ3v) is 3.88. The number of carbonyl (C=O) groups is 2. The molecule has 0 unspecified atom stereocenters. The van der Waals surface area contributed by atoms with Crippen molar-refractivity contribution in [2.75, 3.05) is 18.5 Å². The Balaban J connectivity index is 1.72. The molecule has 0 heterocycles. The van der Waals surface area contributed by atoms with Crippen molar-refractivity contribution in [2.24, 2.45) is 0 Å². The fourth-order valence-electron chi connectivity index (χ4n) is 2.18. The molecule has 2 N–H and O–H groups in total. The minimum Gasteiger partial charge on any atom is -0.462 e. The predicted molar refractivity (Wildman–Crippen MR) is 98.8 cm³/mol. The molecule has 0 aromatic heterocycles. The molecule has 132 valence electrons. The average molecular weight is 361 g/mol. The van der Waals surface area contributed by atoms with E-state index < -0.39 is 0 Å². The van der Waals surface area contributed by atoms with Gasteiger partial charge < -0.3 is 15.4 Å². The van der Waals surface area contributed by atoms with Crippen LogP contribution in [0.4, 0.5) is 5.69 Å². The molecule has 5 nitrogen and oxygen atoms in total. The number of hydrogen-bond donors (Lipinski definition) is 2. The van der Waals surface area contributed by atoms with E-state index in [1.165, 1.54) is 0 Å². The van der Waals surface area contributed by atoms with Gasteiger partial charge in [0.25, 0.3) is 0 Å². The Kier molecular flexibility index (Phi) is 7.29. The summed E-state index contributed by atoms with van der Waals surface area (Å²) in [7, 11) is 0. The van der Waals surface area contributed by atoms with Gasteiger partial charge in [0.05, 0.1) is 12.2 Å². The molecule has 0 bridgehead atoms. The van der Waals surface area contributed by atoms with E-state index in [0.29, 0.717) is 36.7 Å². The zero-order chi connectivity index (χ0) is 18.1. The lowest BCUT2D eigenvalue weighted by Gasteiger charge is -2.09. The Labute approximate surface area is 152 Å². The number of hydrogen-bond acceptors (Lipinski definition) is 4. The Hall–Kier alpha value is -2.53. The number of nitrogens with one attached hydrogen (secondary N) is 2. The van der Waals surface area contributed by atoms with Gasteiger partial charge in [-0.1, -0.05) is 29.8 Å². The van der Waals surface area contributed by atoms with Crippen LogP contribution in [0.1, 0.15) is 29.3 Å². The summed E-state index contributed by atoms with van der Waals surface area (Å²) in [5.74, 6) is -0.399. The van der Waals surface area contributed by atoms with Gasteiger partial charge >= 0.3 is 5.97 Å². The van der Waals surface area contributed by atoms with Crippen molar-refractivity contribution in [1.82, 2.24) is 5.32 Å². The van der Waals surface area contributed by atoms with E-state index in [2.05, 4.69) is 10.6 Å². The van der Waals surface area contributed by atoms with Crippen LogP contribution in [0.25, 0.3) is 0 Å². The Morgan fingerprint density at radius 3 is 2.48 bits per heavy atom. The van der Waals surface area contributed by atoms with Gasteiger partial charge in [-0.2, -0.15) is 0 Å². The number of ether oxygens (including phenoxy) is 1. The maximum atomic E-state index is 11.9. The van der Waals surface area contributed by atoms with Crippen molar-refractivity contribution in [2.45, 2.75) is 19.9 Å². The standard InChI is InChI=1S/C19H21ClN2O3/c1-2-25-19(24)14-7-9-16(10-8-14)21-12-11-18(23)22-13-15-5-3-4-6-17(15)20/h3-10,21H,2,11-13H2,1H3,(H,22,23). The summed E-state index contributed by atoms with van der Waals surface area (Å²) in [5, 5.41) is 6.63. The van der Waals surface area contributed by atoms with Crippen molar-refractivity contribution >= 4 is 29.2 Å². The summed E-state index contributed by atoms with van der Waals surface area (Å²) < 4.78 is 4.93. The van der Waals surface area contributed by atoms with Gasteiger partial charge in [-0.25, -0.2) is 4.79 Å². The molecule has 0 atom stereocenters. The fraction of sp³-hybridized carbons (Fsp3) is 0.263. The molecular formula is C19H21ClN2O3. The minimum atomic E-state index is -0.340. The smallest absolute Gasteiger partial charge is 0.338 e. The number of esters is 1. The highest BCUT2D eigenvalue weighted by Crippen LogP contribution is 2.14. The third-order valence-electron chi connectivity index (χ3n) is 3.51. The highest BCUT2D eigenvalue weighted by molar-refractivity contribution is 6.31. The molecule has 6 heteroatoms. The van der Waals surface area contributed by atoms with Crippen molar-refractivity contribution in [3.05, 3.63) is 64.7 Å². The number of rotatable bonds is 8. The predicted octanol–water partition coefficient (Wildman–Crippen LogP) is 3.64. The van der Waals surface area contributed by atoms with Crippen LogP contribution >= 0.6 is 11.6 Å². The molecule has 0 saturated carbocycles. The van der Waals surface area contributed by atoms with E-state index in [1.54, 1.807) is 37.3 Å². The topological polar surface area (TPSA) is 67.4 Å². The first kappa shape index (κ1) is 18.8. The third kappa shape index (κ3) is 6.12. The first-order valence-corrected chi connectivity index (χ1v) is 8.49. The first-order valence-electron chi connectivity index (χ1n) is 8.11. The average Bonchev–Trinajstić information content (AvgIpc) is 2.62. The zero-order valence-corrected chi connectivity index (χ0v) is 14.8. The second kappa shape index (κ2) is 9.69. The molecule has 0 saturated heterocycles. The van der Waals surface area contributed by atoms with Crippen LogP contribution in [0.2, 0.25) is 5.02 Å². The summed E-state index contributed by atoms with van der Waals surface area (Å²) in [6.45, 7) is 3.02. The molecule has 1 amide bonds. The van der Waals surface area contributed by atoms with Crippen LogP contribution in [-0.2, 0) is 16.1 Å². The van der Waals surface area contributed by atoms with Gasteiger partial charge in [-0.05, 0) is 42.8 Å². The maximum Gasteiger partial charge on any atom is 0.338 e. The van der Waals surface area contributed by atoms with E-state index in [-0.39, 0.29) is 11.9 Å². The van der Waals surface area contributed by atoms with Gasteiger partial charge in [0.15, 0.2) is 0 Å². The van der Waals surface area contributed by atoms with E-state index >= 15 is 0 Å². The molecule has 0 fully saturated rings. The quantitative estimate of drug-likeness (QED) is 0.705. The number of benzene rings is 2. The normalized spacial score (nSPS) is 10.2. The van der Waals surface area contributed by atoms with Crippen molar-refractivity contribution in [3.8, 4) is 0 Å². The summed E-state index contributed by atoms with van der Waals surface area (Å²) in [6.07, 6.45) is 0.337. The molecule has 2 aromatic rings. The largest absolute Gasteiger partial charge is 0.462 e. The lowest BCUT2D eigenvalue weighted by molar-refractivity contribution is -0.121. The second-order valence-electron chi connectivity index (χ2n) is 5.34. The van der Waals surface area contributed by atoms with Crippen molar-refractivity contribution in [1.29, 1.82) is 0 Å². The summed E-state index contributed by atoms with van der Waals surface area (Å²) in [6, 6.07) is 14.4. The SMILES string of the molecule is CCOC(=O)c1ccc(NCCC(=O)NCc2ccccc2Cl)cc1. The second-order valence-corrected chi connectivity index (χ2v) is 5.75. The molecule has 0 spiro atoms. The van der Waals surface area contributed by atoms with Crippen LogP contribution in [0.3, 0.4) is 0 Å². The summed E-state index contributed by atoms with van der Waals surface area (Å²) in [5.41, 5.74) is 2.23. The molecule has 0 aliphatic heterocycles. The van der Waals surface area contributed by atoms with E-state index in [1.807, 2.05) is 18.2 Å². The van der Waals surface area contributed by atoms with Crippen LogP contribution < -0.4 is 10.6 Å². The fourth-order valence-corrected chi connectivity index (χ4v) is 2.39. The maximum absolute atomic E-state index is 11.9. The number of halogens is 1. The molecule has 25 heavy (non-hydrogen) atoms. The van der Waals surface area contributed by atoms with Gasteiger partial charge in [0, 0.05) is 30.2 Å². The van der Waals surface area contributed by atoms with Crippen LogP contribution in [-0.4, -0.2) is 25.0 Å². The van der Waals surface area contributed by atoms with E-state index in [9.17, 15) is 9.59 Å². The Morgan fingerprint density at radius 2 is 1.80 bits per heavy atom. The van der Waals surface area contributed by atoms with Crippen LogP contribution in [0, 0.1) is 0 Å². The monoisotopic (exact) mass is 360 g/mol. The van der Waals surface area contributed by atoms with Crippen molar-refractivity contribution in [3.63, 3.8) is 0 Å². The Bertz CT molecular complexity index is 717. The first-order chi connectivity index (χ1) is 12.1. The van der Waals surface area contributed by atoms with Gasteiger partial charge in [0.2, 0.25) is 5.91 Å². The van der Waals surface area contributed by atoms with Gasteiger partial charge in [-0.3, -0.25) is 4.79 Å². The molecule has 0 aliphatic rings. The molecule has 2 rings (SSSR count). The summed E-state index contributed by atoms with van der Waals surface area (Å²) >= 11 is 6.05. The van der Waals surface area contributed by atoms with Gasteiger partial charge in [0.1, 0.15) is 0 Å². The highest BCUT2D eigenvalue weighted by Gasteiger charge is 2.06. The lowest BCUT2D eigenvalue weighted by Crippen LogP contribution is -2.25. The van der Waals surface area contributed by atoms with Crippen LogP contribution in [0.15, 0.2) is 48.5 Å². The molecular weight excluding hydrogens is 340 g/mol. The van der Waals surface area contributed by atoms with E-state index in [4.69, 9.17) is 16.3 Å². The summed E-state index contributed by atoms with van der Waals surface area (Å²) in [4.78, 5) is 23.4. The van der Waals surface area contributed by atoms with Crippen molar-refractivity contribution < 1.29 is 14.3 Å². The number of amides is 1. The van der Waals surface area contributed by atoms with Crippen LogP contribution in [0.5, 0.6) is 0 Å². The molecule has 0 aliphatic carbocycles. The lowest BCUT2D eigenvalue weighted by atomic mass is 10.2. The van der Waals surface area contributed by atoms with E-state index in [0.717, 1.165) is 11.3 Å². The zero-order valence-electron chi connectivity index (χ0n) is 14.0.